The molecule has 0 aromatic heterocycles. The Morgan fingerprint density at radius 1 is 1.19 bits per heavy atom. The van der Waals surface area contributed by atoms with Crippen LogP contribution in [0.25, 0.3) is 0 Å². The van der Waals surface area contributed by atoms with E-state index in [1.807, 2.05) is 0 Å². The number of nitro benzene ring substituents is 1. The van der Waals surface area contributed by atoms with Crippen molar-refractivity contribution in [2.75, 3.05) is 7.11 Å². The lowest BCUT2D eigenvalue weighted by molar-refractivity contribution is -0.384. The molecule has 0 aliphatic heterocycles. The van der Waals surface area contributed by atoms with Crippen LogP contribution in [0.2, 0.25) is 0 Å². The molecule has 21 heavy (non-hydrogen) atoms. The molecule has 0 saturated carbocycles. The number of rotatable bonds is 5. The number of halogens is 1. The van der Waals surface area contributed by atoms with E-state index in [2.05, 4.69) is 15.9 Å². The van der Waals surface area contributed by atoms with Crippen molar-refractivity contribution in [3.05, 3.63) is 56.5 Å². The van der Waals surface area contributed by atoms with Crippen molar-refractivity contribution in [1.82, 2.24) is 0 Å². The Labute approximate surface area is 128 Å². The van der Waals surface area contributed by atoms with E-state index in [4.69, 9.17) is 9.47 Å². The summed E-state index contributed by atoms with van der Waals surface area (Å²) in [7, 11) is 1.48. The molecule has 0 N–H and O–H groups in total. The van der Waals surface area contributed by atoms with E-state index in [-0.39, 0.29) is 5.69 Å². The maximum absolute atomic E-state index is 10.9. The third-order valence-corrected chi connectivity index (χ3v) is 3.37. The Hall–Kier alpha value is -2.41. The average Bonchev–Trinajstić information content (AvgIpc) is 2.49. The van der Waals surface area contributed by atoms with Gasteiger partial charge in [0.05, 0.1) is 12.0 Å². The molecule has 0 bridgehead atoms. The first kappa shape index (κ1) is 15.0. The van der Waals surface area contributed by atoms with Crippen LogP contribution in [-0.2, 0) is 0 Å². The van der Waals surface area contributed by atoms with Gasteiger partial charge in [-0.2, -0.15) is 0 Å². The normalized spacial score (nSPS) is 10.0. The minimum Gasteiger partial charge on any atom is -0.493 e. The Bertz CT molecular complexity index is 685. The number of non-ortho nitro benzene ring substituents is 1. The Morgan fingerprint density at radius 3 is 2.38 bits per heavy atom. The molecule has 2 aromatic carbocycles. The predicted molar refractivity (Wildman–Crippen MR) is 79.3 cm³/mol. The SMILES string of the molecule is COc1cc(Br)c(C=O)cc1Oc1ccc([N+](=O)[O-])cc1. The van der Waals surface area contributed by atoms with Crippen LogP contribution in [-0.4, -0.2) is 18.3 Å². The zero-order valence-electron chi connectivity index (χ0n) is 10.9. The van der Waals surface area contributed by atoms with Crippen molar-refractivity contribution in [3.8, 4) is 17.2 Å². The second-order valence-electron chi connectivity index (χ2n) is 4.00. The highest BCUT2D eigenvalue weighted by Crippen LogP contribution is 2.36. The van der Waals surface area contributed by atoms with Gasteiger partial charge in [-0.15, -0.1) is 0 Å². The number of aldehydes is 1. The number of nitro groups is 1. The van der Waals surface area contributed by atoms with Gasteiger partial charge in [0.2, 0.25) is 0 Å². The first-order valence-electron chi connectivity index (χ1n) is 5.80. The van der Waals surface area contributed by atoms with E-state index in [1.165, 1.54) is 37.4 Å². The van der Waals surface area contributed by atoms with Gasteiger partial charge in [0, 0.05) is 22.2 Å². The van der Waals surface area contributed by atoms with Crippen molar-refractivity contribution in [3.63, 3.8) is 0 Å². The number of hydrogen-bond donors (Lipinski definition) is 0. The minimum atomic E-state index is -0.492. The van der Waals surface area contributed by atoms with Crippen LogP contribution in [0.4, 0.5) is 5.69 Å². The molecule has 2 aromatic rings. The molecule has 0 amide bonds. The summed E-state index contributed by atoms with van der Waals surface area (Å²) >= 11 is 3.25. The van der Waals surface area contributed by atoms with Gasteiger partial charge in [-0.3, -0.25) is 14.9 Å². The second-order valence-corrected chi connectivity index (χ2v) is 4.85. The molecule has 7 heteroatoms. The standard InChI is InChI=1S/C14H10BrNO5/c1-20-13-7-12(15)9(8-17)6-14(13)21-11-4-2-10(3-5-11)16(18)19/h2-8H,1H3. The summed E-state index contributed by atoms with van der Waals surface area (Å²) in [6.07, 6.45) is 0.687. The van der Waals surface area contributed by atoms with Crippen molar-refractivity contribution < 1.29 is 19.2 Å². The van der Waals surface area contributed by atoms with Crippen LogP contribution in [0.5, 0.6) is 17.2 Å². The van der Waals surface area contributed by atoms with Crippen LogP contribution in [0.3, 0.4) is 0 Å². The molecule has 0 heterocycles. The van der Waals surface area contributed by atoms with E-state index in [9.17, 15) is 14.9 Å². The maximum Gasteiger partial charge on any atom is 0.269 e. The van der Waals surface area contributed by atoms with Gasteiger partial charge in [0.1, 0.15) is 5.75 Å². The monoisotopic (exact) mass is 351 g/mol. The van der Waals surface area contributed by atoms with Crippen LogP contribution in [0.15, 0.2) is 40.9 Å². The fraction of sp³-hybridized carbons (Fsp3) is 0.0714. The molecular weight excluding hydrogens is 342 g/mol. The third kappa shape index (κ3) is 3.38. The molecule has 0 aliphatic rings. The molecule has 0 radical (unpaired) electrons. The summed E-state index contributed by atoms with van der Waals surface area (Å²) in [6, 6.07) is 8.75. The van der Waals surface area contributed by atoms with Gasteiger partial charge < -0.3 is 9.47 Å². The van der Waals surface area contributed by atoms with E-state index < -0.39 is 4.92 Å². The summed E-state index contributed by atoms with van der Waals surface area (Å²) in [5, 5.41) is 10.6. The Balaban J connectivity index is 2.33. The number of carbonyl (C=O) groups excluding carboxylic acids is 1. The molecule has 108 valence electrons. The van der Waals surface area contributed by atoms with Gasteiger partial charge in [-0.05, 0) is 40.2 Å². The summed E-state index contributed by atoms with van der Waals surface area (Å²) in [5.41, 5.74) is 0.381. The molecular formula is C14H10BrNO5. The number of ether oxygens (including phenoxy) is 2. The van der Waals surface area contributed by atoms with Gasteiger partial charge in [0.15, 0.2) is 17.8 Å². The number of benzene rings is 2. The topological polar surface area (TPSA) is 78.7 Å². The summed E-state index contributed by atoms with van der Waals surface area (Å²) in [4.78, 5) is 21.1. The van der Waals surface area contributed by atoms with Crippen molar-refractivity contribution >= 4 is 27.9 Å². The van der Waals surface area contributed by atoms with Crippen molar-refractivity contribution in [2.24, 2.45) is 0 Å². The van der Waals surface area contributed by atoms with E-state index in [1.54, 1.807) is 6.07 Å². The number of methoxy groups -OCH3 is 1. The number of hydrogen-bond acceptors (Lipinski definition) is 5. The van der Waals surface area contributed by atoms with Crippen LogP contribution >= 0.6 is 15.9 Å². The fourth-order valence-corrected chi connectivity index (χ4v) is 2.06. The highest BCUT2D eigenvalue weighted by atomic mass is 79.9. The highest BCUT2D eigenvalue weighted by molar-refractivity contribution is 9.10. The lowest BCUT2D eigenvalue weighted by Gasteiger charge is -2.11. The molecule has 0 saturated heterocycles. The first-order chi connectivity index (χ1) is 10.0. The van der Waals surface area contributed by atoms with Crippen LogP contribution in [0.1, 0.15) is 10.4 Å². The predicted octanol–water partition coefficient (Wildman–Crippen LogP) is 3.97. The molecule has 0 fully saturated rings. The molecule has 2 rings (SSSR count). The van der Waals surface area contributed by atoms with E-state index in [0.29, 0.717) is 33.6 Å². The van der Waals surface area contributed by atoms with Gasteiger partial charge in [-0.25, -0.2) is 0 Å². The highest BCUT2D eigenvalue weighted by Gasteiger charge is 2.12. The minimum absolute atomic E-state index is 0.0290. The molecule has 6 nitrogen and oxygen atoms in total. The summed E-state index contributed by atoms with van der Waals surface area (Å²) in [6.45, 7) is 0. The Kier molecular flexibility index (Phi) is 4.54. The lowest BCUT2D eigenvalue weighted by atomic mass is 10.2. The van der Waals surface area contributed by atoms with E-state index in [0.717, 1.165) is 0 Å². The average molecular weight is 352 g/mol. The second kappa shape index (κ2) is 6.36. The maximum atomic E-state index is 10.9. The molecule has 0 spiro atoms. The number of carbonyl (C=O) groups is 1. The fourth-order valence-electron chi connectivity index (χ4n) is 1.64. The van der Waals surface area contributed by atoms with E-state index >= 15 is 0 Å². The largest absolute Gasteiger partial charge is 0.493 e. The summed E-state index contributed by atoms with van der Waals surface area (Å²) < 4.78 is 11.4. The van der Waals surface area contributed by atoms with Crippen molar-refractivity contribution in [1.29, 1.82) is 0 Å². The smallest absolute Gasteiger partial charge is 0.269 e. The van der Waals surface area contributed by atoms with Gasteiger partial charge in [0.25, 0.3) is 5.69 Å². The van der Waals surface area contributed by atoms with Gasteiger partial charge >= 0.3 is 0 Å². The third-order valence-electron chi connectivity index (χ3n) is 2.69. The van der Waals surface area contributed by atoms with Crippen LogP contribution in [0, 0.1) is 10.1 Å². The lowest BCUT2D eigenvalue weighted by Crippen LogP contribution is -1.94. The first-order valence-corrected chi connectivity index (χ1v) is 6.59. The summed E-state index contributed by atoms with van der Waals surface area (Å²) in [5.74, 6) is 1.18. The van der Waals surface area contributed by atoms with Gasteiger partial charge in [-0.1, -0.05) is 0 Å². The molecule has 0 atom stereocenters. The quantitative estimate of drug-likeness (QED) is 0.462. The number of nitrogens with zero attached hydrogens (tertiary/aromatic N) is 1. The zero-order valence-corrected chi connectivity index (χ0v) is 12.5. The zero-order chi connectivity index (χ0) is 15.4. The van der Waals surface area contributed by atoms with Crippen molar-refractivity contribution in [2.45, 2.75) is 0 Å². The molecule has 0 unspecified atom stereocenters. The molecule has 0 aliphatic carbocycles. The van der Waals surface area contributed by atoms with Crippen LogP contribution < -0.4 is 9.47 Å². The Morgan fingerprint density at radius 2 is 1.86 bits per heavy atom.